The number of aromatic nitrogens is 3. The fourth-order valence-corrected chi connectivity index (χ4v) is 6.37. The van der Waals surface area contributed by atoms with Crippen LogP contribution < -0.4 is 4.31 Å². The maximum absolute atomic E-state index is 13.2. The summed E-state index contributed by atoms with van der Waals surface area (Å²) in [7, 11) is -1.73. The summed E-state index contributed by atoms with van der Waals surface area (Å²) < 4.78 is 42.5. The molecule has 9 heteroatoms. The Balaban J connectivity index is 1.36. The normalized spacial score (nSPS) is 14.5. The van der Waals surface area contributed by atoms with Gasteiger partial charge < -0.3 is 4.57 Å². The molecule has 1 aromatic heterocycles. The zero-order chi connectivity index (χ0) is 20.9. The molecule has 0 amide bonds. The van der Waals surface area contributed by atoms with Crippen LogP contribution in [0.4, 0.5) is 10.1 Å². The predicted molar refractivity (Wildman–Crippen MR) is 116 cm³/mol. The summed E-state index contributed by atoms with van der Waals surface area (Å²) in [5, 5.41) is 10.8. The standard InChI is InChI=1S/C21H17FN4O2S2/c1-25-20(15-8-10-16(22)11-9-15)23-24-21(25)29-13-12-26-17-6-2-4-14-5-3-7-18(19(14)17)30(26,27)28/h2-11H,12-13H2,1H3. The highest BCUT2D eigenvalue weighted by atomic mass is 32.2. The van der Waals surface area contributed by atoms with Gasteiger partial charge in [-0.25, -0.2) is 12.8 Å². The van der Waals surface area contributed by atoms with Crippen molar-refractivity contribution in [3.63, 3.8) is 0 Å². The van der Waals surface area contributed by atoms with Gasteiger partial charge in [0.25, 0.3) is 10.0 Å². The Morgan fingerprint density at radius 1 is 1.00 bits per heavy atom. The first-order valence-electron chi connectivity index (χ1n) is 9.29. The van der Waals surface area contributed by atoms with Crippen LogP contribution >= 0.6 is 11.8 Å². The van der Waals surface area contributed by atoms with E-state index in [0.29, 0.717) is 33.9 Å². The van der Waals surface area contributed by atoms with Gasteiger partial charge in [-0.15, -0.1) is 10.2 Å². The van der Waals surface area contributed by atoms with Gasteiger partial charge in [0.05, 0.1) is 10.6 Å². The van der Waals surface area contributed by atoms with E-state index in [0.717, 1.165) is 16.3 Å². The Bertz CT molecular complexity index is 1360. The summed E-state index contributed by atoms with van der Waals surface area (Å²) in [5.74, 6) is 0.834. The lowest BCUT2D eigenvalue weighted by Gasteiger charge is -2.18. The number of sulfonamides is 1. The van der Waals surface area contributed by atoms with Crippen LogP contribution in [-0.2, 0) is 17.1 Å². The summed E-state index contributed by atoms with van der Waals surface area (Å²) in [6.45, 7) is 0.319. The largest absolute Gasteiger partial charge is 0.305 e. The van der Waals surface area contributed by atoms with Crippen molar-refractivity contribution in [2.45, 2.75) is 10.1 Å². The number of halogens is 1. The molecule has 0 fully saturated rings. The SMILES string of the molecule is Cn1c(SCCN2c3cccc4cccc(c34)S2(=O)=O)nnc1-c1ccc(F)cc1. The second kappa shape index (κ2) is 7.10. The first-order chi connectivity index (χ1) is 14.5. The van der Waals surface area contributed by atoms with Crippen LogP contribution in [0.15, 0.2) is 70.7 Å². The number of hydrogen-bond donors (Lipinski definition) is 0. The lowest BCUT2D eigenvalue weighted by molar-refractivity contribution is 0.595. The number of anilines is 1. The van der Waals surface area contributed by atoms with Gasteiger partial charge in [0.15, 0.2) is 11.0 Å². The Labute approximate surface area is 177 Å². The Morgan fingerprint density at radius 3 is 2.50 bits per heavy atom. The molecule has 4 aromatic rings. The fraction of sp³-hybridized carbons (Fsp3) is 0.143. The maximum atomic E-state index is 13.2. The summed E-state index contributed by atoms with van der Waals surface area (Å²) in [6.07, 6.45) is 0. The van der Waals surface area contributed by atoms with Gasteiger partial charge in [-0.1, -0.05) is 36.0 Å². The van der Waals surface area contributed by atoms with Gasteiger partial charge in [0.1, 0.15) is 5.82 Å². The smallest absolute Gasteiger partial charge is 0.265 e. The minimum Gasteiger partial charge on any atom is -0.305 e. The van der Waals surface area contributed by atoms with Crippen LogP contribution in [0.2, 0.25) is 0 Å². The lowest BCUT2D eigenvalue weighted by Crippen LogP contribution is -2.29. The highest BCUT2D eigenvalue weighted by Crippen LogP contribution is 2.42. The third-order valence-corrected chi connectivity index (χ3v) is 8.00. The van der Waals surface area contributed by atoms with Crippen LogP contribution in [0.5, 0.6) is 0 Å². The van der Waals surface area contributed by atoms with E-state index in [1.54, 1.807) is 24.3 Å². The summed E-state index contributed by atoms with van der Waals surface area (Å²) >= 11 is 1.43. The molecule has 0 bridgehead atoms. The molecule has 0 atom stereocenters. The zero-order valence-corrected chi connectivity index (χ0v) is 17.6. The summed E-state index contributed by atoms with van der Waals surface area (Å²) in [6, 6.07) is 17.1. The van der Waals surface area contributed by atoms with Crippen molar-refractivity contribution in [3.05, 3.63) is 66.5 Å². The van der Waals surface area contributed by atoms with Gasteiger partial charge in [-0.05, 0) is 41.8 Å². The van der Waals surface area contributed by atoms with Crippen molar-refractivity contribution in [3.8, 4) is 11.4 Å². The molecule has 6 nitrogen and oxygen atoms in total. The number of nitrogens with zero attached hydrogens (tertiary/aromatic N) is 4. The number of rotatable bonds is 5. The van der Waals surface area contributed by atoms with Gasteiger partial charge in [-0.2, -0.15) is 0 Å². The monoisotopic (exact) mass is 440 g/mol. The van der Waals surface area contributed by atoms with E-state index in [1.165, 1.54) is 28.2 Å². The Morgan fingerprint density at radius 2 is 1.73 bits per heavy atom. The first-order valence-corrected chi connectivity index (χ1v) is 11.7. The van der Waals surface area contributed by atoms with E-state index in [2.05, 4.69) is 10.2 Å². The minimum atomic E-state index is -3.56. The van der Waals surface area contributed by atoms with Crippen LogP contribution in [0.1, 0.15) is 0 Å². The Hall–Kier alpha value is -2.91. The van der Waals surface area contributed by atoms with Crippen molar-refractivity contribution in [1.82, 2.24) is 14.8 Å². The maximum Gasteiger partial charge on any atom is 0.265 e. The molecule has 0 unspecified atom stereocenters. The fourth-order valence-electron chi connectivity index (χ4n) is 3.71. The Kier molecular flexibility index (Phi) is 4.52. The average molecular weight is 441 g/mol. The third kappa shape index (κ3) is 2.96. The molecule has 1 aliphatic rings. The molecule has 3 aromatic carbocycles. The van der Waals surface area contributed by atoms with Crippen LogP contribution in [0, 0.1) is 5.82 Å². The molecule has 30 heavy (non-hydrogen) atoms. The molecule has 0 N–H and O–H groups in total. The highest BCUT2D eigenvalue weighted by Gasteiger charge is 2.35. The number of benzene rings is 3. The van der Waals surface area contributed by atoms with Gasteiger partial charge in [0.2, 0.25) is 0 Å². The second-order valence-corrected chi connectivity index (χ2v) is 9.82. The van der Waals surface area contributed by atoms with Gasteiger partial charge in [0, 0.05) is 30.3 Å². The van der Waals surface area contributed by atoms with Crippen LogP contribution in [0.3, 0.4) is 0 Å². The first kappa shape index (κ1) is 19.1. The van der Waals surface area contributed by atoms with E-state index in [9.17, 15) is 12.8 Å². The molecule has 1 aliphatic heterocycles. The molecule has 0 radical (unpaired) electrons. The predicted octanol–water partition coefficient (Wildman–Crippen LogP) is 4.08. The number of hydrogen-bond acceptors (Lipinski definition) is 5. The second-order valence-electron chi connectivity index (χ2n) is 6.93. The molecule has 2 heterocycles. The van der Waals surface area contributed by atoms with Crippen LogP contribution in [-0.4, -0.2) is 35.5 Å². The summed E-state index contributed by atoms with van der Waals surface area (Å²) in [5.41, 5.74) is 1.48. The van der Waals surface area contributed by atoms with Crippen molar-refractivity contribution in [2.75, 3.05) is 16.6 Å². The molecule has 0 saturated carbocycles. The molecule has 152 valence electrons. The molecular formula is C21H17FN4O2S2. The van der Waals surface area contributed by atoms with E-state index in [1.807, 2.05) is 35.9 Å². The number of thioether (sulfide) groups is 1. The van der Waals surface area contributed by atoms with Gasteiger partial charge in [-0.3, -0.25) is 4.31 Å². The molecule has 0 spiro atoms. The lowest BCUT2D eigenvalue weighted by atomic mass is 10.1. The molecular weight excluding hydrogens is 423 g/mol. The van der Waals surface area contributed by atoms with Crippen LogP contribution in [0.25, 0.3) is 22.2 Å². The topological polar surface area (TPSA) is 68.1 Å². The van der Waals surface area contributed by atoms with Crippen molar-refractivity contribution in [1.29, 1.82) is 0 Å². The molecule has 5 rings (SSSR count). The van der Waals surface area contributed by atoms with E-state index in [-0.39, 0.29) is 5.82 Å². The van der Waals surface area contributed by atoms with Crippen molar-refractivity contribution >= 4 is 38.2 Å². The minimum absolute atomic E-state index is 0.307. The van der Waals surface area contributed by atoms with Crippen molar-refractivity contribution in [2.24, 2.45) is 7.05 Å². The van der Waals surface area contributed by atoms with Crippen molar-refractivity contribution < 1.29 is 12.8 Å². The summed E-state index contributed by atoms with van der Waals surface area (Å²) in [4.78, 5) is 0.359. The molecule has 0 aliphatic carbocycles. The average Bonchev–Trinajstić information content (AvgIpc) is 3.21. The van der Waals surface area contributed by atoms with E-state index < -0.39 is 10.0 Å². The zero-order valence-electron chi connectivity index (χ0n) is 16.0. The van der Waals surface area contributed by atoms with E-state index in [4.69, 9.17) is 0 Å². The van der Waals surface area contributed by atoms with E-state index >= 15 is 0 Å². The third-order valence-electron chi connectivity index (χ3n) is 5.14. The highest BCUT2D eigenvalue weighted by molar-refractivity contribution is 7.99. The van der Waals surface area contributed by atoms with Gasteiger partial charge >= 0.3 is 0 Å². The molecule has 0 saturated heterocycles. The quantitative estimate of drug-likeness (QED) is 0.438.